The zero-order valence-corrected chi connectivity index (χ0v) is 19.6. The van der Waals surface area contributed by atoms with Gasteiger partial charge in [0.2, 0.25) is 0 Å². The number of ketones is 1. The topological polar surface area (TPSA) is 115 Å². The predicted molar refractivity (Wildman–Crippen MR) is 137 cm³/mol. The van der Waals surface area contributed by atoms with E-state index in [0.29, 0.717) is 18.5 Å². The van der Waals surface area contributed by atoms with Crippen LogP contribution in [0.3, 0.4) is 0 Å². The van der Waals surface area contributed by atoms with Crippen LogP contribution in [-0.4, -0.2) is 35.8 Å². The monoisotopic (exact) mass is 480 g/mol. The number of pyridine rings is 1. The SMILES string of the molecule is Cn1cnc(Cn2cccc(C(=O)CC/C=C/c3ccc4c(c3)NC(=O)/C4=C\c3cnc[nH]3)c2=O)c1. The van der Waals surface area contributed by atoms with Gasteiger partial charge in [0, 0.05) is 37.1 Å². The quantitative estimate of drug-likeness (QED) is 0.296. The molecule has 1 amide bonds. The maximum Gasteiger partial charge on any atom is 0.261 e. The first kappa shape index (κ1) is 23.0. The van der Waals surface area contributed by atoms with Gasteiger partial charge in [-0.05, 0) is 36.3 Å². The fourth-order valence-corrected chi connectivity index (χ4v) is 4.13. The molecule has 0 atom stereocenters. The van der Waals surface area contributed by atoms with Gasteiger partial charge in [-0.3, -0.25) is 14.4 Å². The molecule has 2 N–H and O–H groups in total. The number of hydrogen-bond donors (Lipinski definition) is 2. The van der Waals surface area contributed by atoms with Gasteiger partial charge in [-0.1, -0.05) is 24.3 Å². The lowest BCUT2D eigenvalue weighted by Gasteiger charge is -2.06. The number of aromatic nitrogens is 5. The molecule has 1 aromatic carbocycles. The van der Waals surface area contributed by atoms with Gasteiger partial charge in [-0.15, -0.1) is 0 Å². The van der Waals surface area contributed by atoms with Crippen molar-refractivity contribution < 1.29 is 9.59 Å². The van der Waals surface area contributed by atoms with E-state index >= 15 is 0 Å². The number of aryl methyl sites for hydroxylation is 1. The minimum Gasteiger partial charge on any atom is -0.345 e. The molecule has 0 bridgehead atoms. The van der Waals surface area contributed by atoms with Crippen molar-refractivity contribution in [3.63, 3.8) is 0 Å². The van der Waals surface area contributed by atoms with Gasteiger partial charge in [0.25, 0.3) is 11.5 Å². The number of allylic oxidation sites excluding steroid dienone is 1. The lowest BCUT2D eigenvalue weighted by atomic mass is 10.0. The fraction of sp³-hybridized carbons (Fsp3) is 0.148. The third-order valence-corrected chi connectivity index (χ3v) is 5.91. The van der Waals surface area contributed by atoms with Gasteiger partial charge in [0.05, 0.1) is 47.9 Å². The minimum absolute atomic E-state index is 0.164. The molecule has 0 saturated heterocycles. The Hall–Kier alpha value is -4.79. The molecule has 4 aromatic rings. The molecule has 0 unspecified atom stereocenters. The molecule has 0 aliphatic carbocycles. The van der Waals surface area contributed by atoms with Crippen LogP contribution in [0.2, 0.25) is 0 Å². The van der Waals surface area contributed by atoms with Crippen molar-refractivity contribution in [1.82, 2.24) is 24.1 Å². The number of amides is 1. The summed E-state index contributed by atoms with van der Waals surface area (Å²) in [6.07, 6.45) is 14.7. The van der Waals surface area contributed by atoms with E-state index in [1.807, 2.05) is 48.2 Å². The van der Waals surface area contributed by atoms with Crippen LogP contribution in [0.5, 0.6) is 0 Å². The number of benzene rings is 1. The number of H-pyrrole nitrogens is 1. The smallest absolute Gasteiger partial charge is 0.261 e. The van der Waals surface area contributed by atoms with Gasteiger partial charge in [0.15, 0.2) is 5.78 Å². The van der Waals surface area contributed by atoms with Crippen LogP contribution in [0.15, 0.2) is 72.4 Å². The highest BCUT2D eigenvalue weighted by Crippen LogP contribution is 2.33. The molecule has 36 heavy (non-hydrogen) atoms. The predicted octanol–water partition coefficient (Wildman–Crippen LogP) is 3.52. The first-order valence-electron chi connectivity index (χ1n) is 11.5. The standard InChI is InChI=1S/C27H24N6O3/c1-32-14-20(30-17-32)15-33-10-4-6-22(27(33)36)25(34)7-3-2-5-18-8-9-21-23(12-19-13-28-16-29-19)26(35)31-24(21)11-18/h2,4-6,8-14,16-17H,3,7,15H2,1H3,(H,28,29)(H,31,35)/b5-2+,23-12-. The number of carbonyl (C=O) groups excluding carboxylic acids is 2. The second-order valence-electron chi connectivity index (χ2n) is 8.57. The van der Waals surface area contributed by atoms with Crippen LogP contribution >= 0.6 is 0 Å². The lowest BCUT2D eigenvalue weighted by Crippen LogP contribution is -2.26. The molecule has 1 aliphatic rings. The molecular formula is C27H24N6O3. The number of carbonyl (C=O) groups is 2. The number of nitrogens with one attached hydrogen (secondary N) is 2. The summed E-state index contributed by atoms with van der Waals surface area (Å²) in [6, 6.07) is 9.00. The van der Waals surface area contributed by atoms with Crippen molar-refractivity contribution in [2.24, 2.45) is 7.05 Å². The normalized spacial score (nSPS) is 13.9. The van der Waals surface area contributed by atoms with Crippen molar-refractivity contribution in [1.29, 1.82) is 0 Å². The molecule has 4 heterocycles. The van der Waals surface area contributed by atoms with Gasteiger partial charge >= 0.3 is 0 Å². The third kappa shape index (κ3) is 4.85. The van der Waals surface area contributed by atoms with Crippen molar-refractivity contribution >= 4 is 35.1 Å². The molecule has 9 nitrogen and oxygen atoms in total. The van der Waals surface area contributed by atoms with Crippen LogP contribution in [0.25, 0.3) is 17.7 Å². The fourth-order valence-electron chi connectivity index (χ4n) is 4.13. The highest BCUT2D eigenvalue weighted by Gasteiger charge is 2.24. The zero-order valence-electron chi connectivity index (χ0n) is 19.6. The summed E-state index contributed by atoms with van der Waals surface area (Å²) in [4.78, 5) is 49.1. The zero-order chi connectivity index (χ0) is 25.1. The third-order valence-electron chi connectivity index (χ3n) is 5.91. The molecule has 1 aliphatic heterocycles. The van der Waals surface area contributed by atoms with Crippen LogP contribution in [0.4, 0.5) is 5.69 Å². The van der Waals surface area contributed by atoms with Gasteiger partial charge < -0.3 is 19.4 Å². The largest absolute Gasteiger partial charge is 0.345 e. The number of rotatable bonds is 8. The van der Waals surface area contributed by atoms with Crippen molar-refractivity contribution in [2.45, 2.75) is 19.4 Å². The Morgan fingerprint density at radius 1 is 1.19 bits per heavy atom. The Morgan fingerprint density at radius 3 is 2.86 bits per heavy atom. The van der Waals surface area contributed by atoms with E-state index in [0.717, 1.165) is 28.2 Å². The molecule has 180 valence electrons. The average molecular weight is 481 g/mol. The van der Waals surface area contributed by atoms with E-state index in [1.165, 1.54) is 4.57 Å². The van der Waals surface area contributed by atoms with Crippen LogP contribution in [-0.2, 0) is 18.4 Å². The number of aromatic amines is 1. The molecule has 0 spiro atoms. The Bertz CT molecular complexity index is 1560. The Morgan fingerprint density at radius 2 is 2.08 bits per heavy atom. The number of nitrogens with zero attached hydrogens (tertiary/aromatic N) is 4. The number of imidazole rings is 2. The summed E-state index contributed by atoms with van der Waals surface area (Å²) in [6.45, 7) is 0.314. The molecule has 0 radical (unpaired) electrons. The lowest BCUT2D eigenvalue weighted by molar-refractivity contribution is -0.110. The van der Waals surface area contributed by atoms with Crippen molar-refractivity contribution in [3.8, 4) is 0 Å². The Labute approximate surface area is 206 Å². The first-order chi connectivity index (χ1) is 17.5. The molecule has 0 fully saturated rings. The summed E-state index contributed by atoms with van der Waals surface area (Å²) in [7, 11) is 1.86. The average Bonchev–Trinajstić information content (AvgIpc) is 3.59. The molecular weight excluding hydrogens is 456 g/mol. The van der Waals surface area contributed by atoms with Crippen molar-refractivity contribution in [3.05, 3.63) is 106 Å². The van der Waals surface area contributed by atoms with E-state index in [9.17, 15) is 14.4 Å². The number of Topliss-reactive ketones (excluding diaryl/α,β-unsaturated/α-hetero) is 1. The number of fused-ring (bicyclic) bond motifs is 1. The van der Waals surface area contributed by atoms with Gasteiger partial charge in [-0.2, -0.15) is 0 Å². The van der Waals surface area contributed by atoms with E-state index in [4.69, 9.17) is 0 Å². The highest BCUT2D eigenvalue weighted by molar-refractivity contribution is 6.34. The van der Waals surface area contributed by atoms with Crippen LogP contribution < -0.4 is 10.9 Å². The maximum atomic E-state index is 12.8. The second kappa shape index (κ2) is 9.83. The van der Waals surface area contributed by atoms with E-state index in [1.54, 1.807) is 43.3 Å². The number of anilines is 1. The van der Waals surface area contributed by atoms with Crippen LogP contribution in [0.1, 0.15) is 45.7 Å². The summed E-state index contributed by atoms with van der Waals surface area (Å²) in [5.41, 5.74) is 4.41. The summed E-state index contributed by atoms with van der Waals surface area (Å²) in [5.74, 6) is -0.363. The highest BCUT2D eigenvalue weighted by atomic mass is 16.2. The molecule has 3 aromatic heterocycles. The van der Waals surface area contributed by atoms with Crippen molar-refractivity contribution in [2.75, 3.05) is 5.32 Å². The Kier molecular flexibility index (Phi) is 6.27. The van der Waals surface area contributed by atoms with E-state index in [-0.39, 0.29) is 29.2 Å². The molecule has 5 rings (SSSR count). The number of hydrogen-bond acceptors (Lipinski definition) is 5. The molecule has 0 saturated carbocycles. The maximum absolute atomic E-state index is 12.8. The van der Waals surface area contributed by atoms with E-state index < -0.39 is 0 Å². The summed E-state index contributed by atoms with van der Waals surface area (Å²) < 4.78 is 3.31. The Balaban J connectivity index is 1.22. The van der Waals surface area contributed by atoms with Gasteiger partial charge in [0.1, 0.15) is 0 Å². The van der Waals surface area contributed by atoms with Crippen LogP contribution in [0, 0.1) is 0 Å². The van der Waals surface area contributed by atoms with E-state index in [2.05, 4.69) is 20.3 Å². The second-order valence-corrected chi connectivity index (χ2v) is 8.57. The minimum atomic E-state index is -0.314. The summed E-state index contributed by atoms with van der Waals surface area (Å²) >= 11 is 0. The molecule has 9 heteroatoms. The summed E-state index contributed by atoms with van der Waals surface area (Å²) in [5, 5.41) is 2.89. The first-order valence-corrected chi connectivity index (χ1v) is 11.5. The van der Waals surface area contributed by atoms with Gasteiger partial charge in [-0.25, -0.2) is 9.97 Å².